The number of hydrogen-bond donors (Lipinski definition) is 1. The molecule has 2 aromatic rings. The zero-order valence-electron chi connectivity index (χ0n) is 17.7. The first-order chi connectivity index (χ1) is 15.6. The summed E-state index contributed by atoms with van der Waals surface area (Å²) in [4.78, 5) is 7.94. The van der Waals surface area contributed by atoms with Gasteiger partial charge in [-0.15, -0.1) is 0 Å². The smallest absolute Gasteiger partial charge is 0.387 e. The van der Waals surface area contributed by atoms with Crippen molar-refractivity contribution in [1.82, 2.24) is 4.31 Å². The van der Waals surface area contributed by atoms with Crippen molar-refractivity contribution in [1.29, 1.82) is 0 Å². The first kappa shape index (κ1) is 24.6. The van der Waals surface area contributed by atoms with Gasteiger partial charge < -0.3 is 10.5 Å². The molecule has 2 N–H and O–H groups in total. The lowest BCUT2D eigenvalue weighted by Gasteiger charge is -2.31. The number of alkyl halides is 2. The highest BCUT2D eigenvalue weighted by molar-refractivity contribution is 8.13. The van der Waals surface area contributed by atoms with Crippen molar-refractivity contribution in [2.75, 3.05) is 0 Å². The molecule has 2 aromatic carbocycles. The normalized spacial score (nSPS) is 17.1. The van der Waals surface area contributed by atoms with E-state index in [0.717, 1.165) is 27.7 Å². The van der Waals surface area contributed by atoms with Crippen LogP contribution in [0, 0.1) is 5.82 Å². The van der Waals surface area contributed by atoms with E-state index in [2.05, 4.69) is 14.7 Å². The van der Waals surface area contributed by atoms with Crippen molar-refractivity contribution < 1.29 is 26.3 Å². The summed E-state index contributed by atoms with van der Waals surface area (Å²) >= 11 is 1.11. The van der Waals surface area contributed by atoms with Crippen LogP contribution in [-0.2, 0) is 15.8 Å². The number of amidine groups is 1. The molecule has 0 aliphatic carbocycles. The fraction of sp³-hybridized carbons (Fsp3) is 0.238. The lowest BCUT2D eigenvalue weighted by molar-refractivity contribution is -0.0517. The molecule has 1 heterocycles. The van der Waals surface area contributed by atoms with Crippen LogP contribution in [0.1, 0.15) is 19.4 Å². The molecular weight excluding hydrogens is 477 g/mol. The third kappa shape index (κ3) is 6.08. The number of benzene rings is 2. The van der Waals surface area contributed by atoms with Crippen LogP contribution in [0.15, 0.2) is 75.2 Å². The van der Waals surface area contributed by atoms with Crippen LogP contribution in [0.2, 0.25) is 0 Å². The number of sulfonamides is 1. The van der Waals surface area contributed by atoms with Crippen LogP contribution < -0.4 is 10.5 Å². The molecule has 0 spiro atoms. The standard InChI is InChI=1S/C21H21F3N4O3S2/c1-13-11-14(2)28(33(29,30)18-6-4-3-5-17(18)31-19(23)24)21(26-13)27-20(25)32-12-15-7-9-16(22)10-8-15/h3-11,14,19H,12H2,1-2H3,(H2,25,26,27). The Bertz CT molecular complexity index is 1200. The van der Waals surface area contributed by atoms with E-state index >= 15 is 0 Å². The van der Waals surface area contributed by atoms with Crippen LogP contribution >= 0.6 is 11.8 Å². The number of guanidine groups is 1. The number of hydrogen-bond acceptors (Lipinski definition) is 6. The predicted molar refractivity (Wildman–Crippen MR) is 122 cm³/mol. The lowest BCUT2D eigenvalue weighted by Crippen LogP contribution is -2.44. The molecule has 176 valence electrons. The lowest BCUT2D eigenvalue weighted by atomic mass is 10.2. The summed E-state index contributed by atoms with van der Waals surface area (Å²) in [6, 6.07) is 10.2. The second-order valence-electron chi connectivity index (χ2n) is 6.95. The Morgan fingerprint density at radius 2 is 1.91 bits per heavy atom. The van der Waals surface area contributed by atoms with E-state index < -0.39 is 33.3 Å². The number of ether oxygens (including phenoxy) is 1. The number of halogens is 3. The molecule has 0 fully saturated rings. The Balaban J connectivity index is 1.92. The molecule has 1 aliphatic rings. The minimum absolute atomic E-state index is 0.0253. The van der Waals surface area contributed by atoms with Crippen LogP contribution in [0.4, 0.5) is 13.2 Å². The van der Waals surface area contributed by atoms with Gasteiger partial charge in [-0.3, -0.25) is 0 Å². The van der Waals surface area contributed by atoms with Gasteiger partial charge in [-0.05, 0) is 49.8 Å². The summed E-state index contributed by atoms with van der Waals surface area (Å²) in [6.07, 6.45) is 1.59. The Kier molecular flexibility index (Phi) is 7.69. The van der Waals surface area contributed by atoms with Crippen molar-refractivity contribution in [2.45, 2.75) is 37.1 Å². The van der Waals surface area contributed by atoms with Crippen molar-refractivity contribution >= 4 is 32.9 Å². The highest BCUT2D eigenvalue weighted by Crippen LogP contribution is 2.31. The Morgan fingerprint density at radius 3 is 2.58 bits per heavy atom. The van der Waals surface area contributed by atoms with Crippen LogP contribution in [0.5, 0.6) is 5.75 Å². The van der Waals surface area contributed by atoms with Crippen molar-refractivity contribution in [2.24, 2.45) is 15.7 Å². The van der Waals surface area contributed by atoms with E-state index in [1.54, 1.807) is 32.1 Å². The highest BCUT2D eigenvalue weighted by atomic mass is 32.2. The van der Waals surface area contributed by atoms with Gasteiger partial charge in [0, 0.05) is 11.4 Å². The van der Waals surface area contributed by atoms with Gasteiger partial charge in [0.1, 0.15) is 16.5 Å². The van der Waals surface area contributed by atoms with Crippen molar-refractivity contribution in [3.63, 3.8) is 0 Å². The average molecular weight is 499 g/mol. The number of aliphatic imine (C=N–C) groups is 2. The summed E-state index contributed by atoms with van der Waals surface area (Å²) < 4.78 is 70.9. The van der Waals surface area contributed by atoms with Crippen molar-refractivity contribution in [3.8, 4) is 5.75 Å². The number of rotatable bonds is 6. The van der Waals surface area contributed by atoms with E-state index in [1.807, 2.05) is 0 Å². The topological polar surface area (TPSA) is 97.3 Å². The van der Waals surface area contributed by atoms with E-state index in [-0.39, 0.29) is 16.9 Å². The molecule has 7 nitrogen and oxygen atoms in total. The fourth-order valence-electron chi connectivity index (χ4n) is 3.08. The fourth-order valence-corrected chi connectivity index (χ4v) is 5.36. The summed E-state index contributed by atoms with van der Waals surface area (Å²) in [5.74, 6) is -0.702. The van der Waals surface area contributed by atoms with Crippen LogP contribution in [0.3, 0.4) is 0 Å². The largest absolute Gasteiger partial charge is 0.433 e. The minimum atomic E-state index is -4.39. The van der Waals surface area contributed by atoms with E-state index in [9.17, 15) is 21.6 Å². The zero-order valence-corrected chi connectivity index (χ0v) is 19.3. The first-order valence-electron chi connectivity index (χ1n) is 9.64. The molecule has 3 rings (SSSR count). The Hall–Kier alpha value is -2.99. The van der Waals surface area contributed by atoms with Gasteiger partial charge in [-0.25, -0.2) is 22.1 Å². The molecule has 0 saturated carbocycles. The van der Waals surface area contributed by atoms with Gasteiger partial charge in [0.2, 0.25) is 5.96 Å². The quantitative estimate of drug-likeness (QED) is 0.472. The molecule has 0 aromatic heterocycles. The van der Waals surface area contributed by atoms with Gasteiger partial charge >= 0.3 is 6.61 Å². The van der Waals surface area contributed by atoms with E-state index in [4.69, 9.17) is 5.73 Å². The zero-order chi connectivity index (χ0) is 24.2. The summed E-state index contributed by atoms with van der Waals surface area (Å²) in [5.41, 5.74) is 7.31. The predicted octanol–water partition coefficient (Wildman–Crippen LogP) is 4.33. The summed E-state index contributed by atoms with van der Waals surface area (Å²) in [5, 5.41) is 0.0253. The van der Waals surface area contributed by atoms with Crippen LogP contribution in [0.25, 0.3) is 0 Å². The maximum absolute atomic E-state index is 13.4. The molecular formula is C21H21F3N4O3S2. The molecule has 1 atom stereocenters. The van der Waals surface area contributed by atoms with Crippen molar-refractivity contribution in [3.05, 3.63) is 71.7 Å². The molecule has 0 bridgehead atoms. The monoisotopic (exact) mass is 498 g/mol. The van der Waals surface area contributed by atoms with E-state index in [1.165, 1.54) is 30.3 Å². The number of thioether (sulfide) groups is 1. The maximum Gasteiger partial charge on any atom is 0.387 e. The summed E-state index contributed by atoms with van der Waals surface area (Å²) in [7, 11) is -4.39. The number of para-hydroxylation sites is 1. The molecule has 0 saturated heterocycles. The summed E-state index contributed by atoms with van der Waals surface area (Å²) in [6.45, 7) is 0.0713. The van der Waals surface area contributed by atoms with Gasteiger partial charge in [0.15, 0.2) is 5.17 Å². The Morgan fingerprint density at radius 1 is 1.24 bits per heavy atom. The van der Waals surface area contributed by atoms with Crippen LogP contribution in [-0.4, -0.2) is 36.5 Å². The third-order valence-electron chi connectivity index (χ3n) is 4.44. The second kappa shape index (κ2) is 10.3. The first-order valence-corrected chi connectivity index (χ1v) is 12.1. The highest BCUT2D eigenvalue weighted by Gasteiger charge is 2.36. The molecule has 33 heavy (non-hydrogen) atoms. The molecule has 1 aliphatic heterocycles. The SMILES string of the molecule is CC1=CC(C)N(S(=O)(=O)c2ccccc2OC(F)F)C(N=C(N)SCc2ccc(F)cc2)=N1. The third-order valence-corrected chi connectivity index (χ3v) is 7.21. The van der Waals surface area contributed by atoms with Gasteiger partial charge in [-0.2, -0.15) is 13.8 Å². The molecule has 0 radical (unpaired) electrons. The molecule has 12 heteroatoms. The second-order valence-corrected chi connectivity index (χ2v) is 9.73. The number of nitrogens with two attached hydrogens (primary N) is 1. The molecule has 1 unspecified atom stereocenters. The van der Waals surface area contributed by atoms with Gasteiger partial charge in [0.25, 0.3) is 10.0 Å². The van der Waals surface area contributed by atoms with Gasteiger partial charge in [0.05, 0.1) is 6.04 Å². The maximum atomic E-state index is 13.4. The molecule has 0 amide bonds. The number of nitrogens with zero attached hydrogens (tertiary/aromatic N) is 3. The van der Waals surface area contributed by atoms with Gasteiger partial charge in [-0.1, -0.05) is 36.0 Å². The van der Waals surface area contributed by atoms with E-state index in [0.29, 0.717) is 11.4 Å². The number of allylic oxidation sites excluding steroid dienone is 1. The average Bonchev–Trinajstić information content (AvgIpc) is 2.72. The Labute approximate surface area is 193 Å². The minimum Gasteiger partial charge on any atom is -0.433 e.